The Hall–Kier alpha value is -6.24. The van der Waals surface area contributed by atoms with E-state index in [1.165, 1.54) is 88.0 Å². The highest BCUT2D eigenvalue weighted by Gasteiger charge is 2.20. The van der Waals surface area contributed by atoms with Gasteiger partial charge >= 0.3 is 0 Å². The van der Waals surface area contributed by atoms with Gasteiger partial charge in [0.15, 0.2) is 0 Å². The first-order chi connectivity index (χ1) is 23.8. The molecular weight excluding hydrogens is 577 g/mol. The van der Waals surface area contributed by atoms with Crippen LogP contribution in [0.5, 0.6) is 0 Å². The fraction of sp³-hybridized carbons (Fsp3) is 0. The van der Waals surface area contributed by atoms with Crippen molar-refractivity contribution in [2.45, 2.75) is 0 Å². The molecule has 0 aliphatic heterocycles. The average molecular weight is 609 g/mol. The minimum atomic E-state index is 1.20. The highest BCUT2D eigenvalue weighted by Crippen LogP contribution is 2.47. The second-order valence-corrected chi connectivity index (χ2v) is 12.5. The number of rotatable bonds is 5. The summed E-state index contributed by atoms with van der Waals surface area (Å²) in [6, 6.07) is 70.8. The van der Waals surface area contributed by atoms with Gasteiger partial charge in [-0.3, -0.25) is 0 Å². The van der Waals surface area contributed by atoms with Crippen LogP contribution in [0.4, 0.5) is 0 Å². The standard InChI is InChI=1S/C48H32/c1-3-13-33(14-4-1)35-23-25-36(26-24-35)39-29-30-41(37-16-5-2-6-17-37)46(32-39)48-44-21-11-9-19-42(44)47(43-20-10-12-22-45(43)48)40-28-27-34-15-7-8-18-38(34)31-40/h1-32H. The van der Waals surface area contributed by atoms with Crippen molar-refractivity contribution in [3.05, 3.63) is 194 Å². The lowest BCUT2D eigenvalue weighted by atomic mass is 9.82. The Kier molecular flexibility index (Phi) is 6.91. The summed E-state index contributed by atoms with van der Waals surface area (Å²) < 4.78 is 0. The van der Waals surface area contributed by atoms with Crippen LogP contribution in [0, 0.1) is 0 Å². The smallest absolute Gasteiger partial charge is 0.00199 e. The predicted molar refractivity (Wildman–Crippen MR) is 206 cm³/mol. The van der Waals surface area contributed by atoms with Crippen molar-refractivity contribution < 1.29 is 0 Å². The number of fused-ring (bicyclic) bond motifs is 3. The normalized spacial score (nSPS) is 11.3. The topological polar surface area (TPSA) is 0 Å². The Morgan fingerprint density at radius 3 is 1.27 bits per heavy atom. The van der Waals surface area contributed by atoms with Gasteiger partial charge in [-0.15, -0.1) is 0 Å². The third-order valence-electron chi connectivity index (χ3n) is 9.67. The lowest BCUT2D eigenvalue weighted by molar-refractivity contribution is 1.57. The first-order valence-corrected chi connectivity index (χ1v) is 16.6. The van der Waals surface area contributed by atoms with E-state index in [-0.39, 0.29) is 0 Å². The molecule has 0 nitrogen and oxygen atoms in total. The quantitative estimate of drug-likeness (QED) is 0.171. The van der Waals surface area contributed by atoms with Gasteiger partial charge in [0.1, 0.15) is 0 Å². The van der Waals surface area contributed by atoms with Gasteiger partial charge in [-0.2, -0.15) is 0 Å². The van der Waals surface area contributed by atoms with Crippen molar-refractivity contribution in [2.75, 3.05) is 0 Å². The predicted octanol–water partition coefficient (Wildman–Crippen LogP) is 13.5. The van der Waals surface area contributed by atoms with E-state index in [1.807, 2.05) is 0 Å². The SMILES string of the molecule is c1ccc(-c2ccc(-c3ccc(-c4ccccc4)c(-c4c5ccccc5c(-c5ccc6ccccc6c5)c5ccccc45)c3)cc2)cc1. The minimum absolute atomic E-state index is 1.20. The van der Waals surface area contributed by atoms with Crippen LogP contribution in [-0.4, -0.2) is 0 Å². The third kappa shape index (κ3) is 4.87. The van der Waals surface area contributed by atoms with Crippen LogP contribution in [0.3, 0.4) is 0 Å². The average Bonchev–Trinajstić information content (AvgIpc) is 3.17. The molecule has 0 aliphatic carbocycles. The molecule has 9 aromatic carbocycles. The van der Waals surface area contributed by atoms with Crippen molar-refractivity contribution in [1.82, 2.24) is 0 Å². The molecule has 0 aromatic heterocycles. The second kappa shape index (κ2) is 11.8. The fourth-order valence-corrected chi connectivity index (χ4v) is 7.36. The largest absolute Gasteiger partial charge is 0.0622 e. The molecule has 0 heterocycles. The third-order valence-corrected chi connectivity index (χ3v) is 9.67. The minimum Gasteiger partial charge on any atom is -0.0622 e. The van der Waals surface area contributed by atoms with Gasteiger partial charge in [0, 0.05) is 0 Å². The summed E-state index contributed by atoms with van der Waals surface area (Å²) in [5.41, 5.74) is 12.3. The molecule has 0 bridgehead atoms. The molecule has 0 unspecified atom stereocenters. The molecule has 0 saturated heterocycles. The first kappa shape index (κ1) is 28.0. The molecule has 0 fully saturated rings. The second-order valence-electron chi connectivity index (χ2n) is 12.5. The summed E-state index contributed by atoms with van der Waals surface area (Å²) in [7, 11) is 0. The highest BCUT2D eigenvalue weighted by atomic mass is 14.2. The van der Waals surface area contributed by atoms with Crippen molar-refractivity contribution >= 4 is 32.3 Å². The van der Waals surface area contributed by atoms with E-state index in [0.29, 0.717) is 0 Å². The summed E-state index contributed by atoms with van der Waals surface area (Å²) in [5, 5.41) is 7.55. The molecule has 0 saturated carbocycles. The lowest BCUT2D eigenvalue weighted by Crippen LogP contribution is -1.93. The number of hydrogen-bond donors (Lipinski definition) is 0. The molecule has 0 atom stereocenters. The molecule has 9 aromatic rings. The molecule has 224 valence electrons. The summed E-state index contributed by atoms with van der Waals surface area (Å²) >= 11 is 0. The Bertz CT molecular complexity index is 2520. The summed E-state index contributed by atoms with van der Waals surface area (Å²) in [5.74, 6) is 0. The summed E-state index contributed by atoms with van der Waals surface area (Å²) in [4.78, 5) is 0. The molecule has 0 heteroatoms. The van der Waals surface area contributed by atoms with E-state index in [0.717, 1.165) is 0 Å². The molecule has 48 heavy (non-hydrogen) atoms. The summed E-state index contributed by atoms with van der Waals surface area (Å²) in [6.07, 6.45) is 0. The molecule has 0 aliphatic rings. The van der Waals surface area contributed by atoms with Gasteiger partial charge in [0.2, 0.25) is 0 Å². The van der Waals surface area contributed by atoms with E-state index in [1.54, 1.807) is 0 Å². The Balaban J connectivity index is 1.31. The number of benzene rings is 9. The van der Waals surface area contributed by atoms with Crippen molar-refractivity contribution in [3.63, 3.8) is 0 Å². The monoisotopic (exact) mass is 608 g/mol. The zero-order chi connectivity index (χ0) is 31.9. The van der Waals surface area contributed by atoms with E-state index in [4.69, 9.17) is 0 Å². The van der Waals surface area contributed by atoms with Crippen LogP contribution in [0.1, 0.15) is 0 Å². The van der Waals surface area contributed by atoms with Crippen LogP contribution in [-0.2, 0) is 0 Å². The zero-order valence-corrected chi connectivity index (χ0v) is 26.5. The maximum atomic E-state index is 2.41. The van der Waals surface area contributed by atoms with E-state index < -0.39 is 0 Å². The molecule has 0 amide bonds. The molecule has 9 rings (SSSR count). The molecule has 0 spiro atoms. The Morgan fingerprint density at radius 1 is 0.208 bits per heavy atom. The van der Waals surface area contributed by atoms with Crippen molar-refractivity contribution in [2.24, 2.45) is 0 Å². The molecule has 0 radical (unpaired) electrons. The van der Waals surface area contributed by atoms with Crippen molar-refractivity contribution in [1.29, 1.82) is 0 Å². The Morgan fingerprint density at radius 2 is 0.646 bits per heavy atom. The van der Waals surface area contributed by atoms with Gasteiger partial charge in [0.05, 0.1) is 0 Å². The van der Waals surface area contributed by atoms with Crippen LogP contribution in [0.25, 0.3) is 88.0 Å². The van der Waals surface area contributed by atoms with Gasteiger partial charge < -0.3 is 0 Å². The summed E-state index contributed by atoms with van der Waals surface area (Å²) in [6.45, 7) is 0. The zero-order valence-electron chi connectivity index (χ0n) is 26.5. The maximum Gasteiger partial charge on any atom is -0.00199 e. The van der Waals surface area contributed by atoms with Crippen molar-refractivity contribution in [3.8, 4) is 55.6 Å². The fourth-order valence-electron chi connectivity index (χ4n) is 7.36. The van der Waals surface area contributed by atoms with Crippen LogP contribution in [0.2, 0.25) is 0 Å². The van der Waals surface area contributed by atoms with Gasteiger partial charge in [0.25, 0.3) is 0 Å². The van der Waals surface area contributed by atoms with E-state index in [9.17, 15) is 0 Å². The van der Waals surface area contributed by atoms with Crippen LogP contribution in [0.15, 0.2) is 194 Å². The van der Waals surface area contributed by atoms with E-state index >= 15 is 0 Å². The van der Waals surface area contributed by atoms with Gasteiger partial charge in [-0.05, 0) is 100 Å². The first-order valence-electron chi connectivity index (χ1n) is 16.6. The lowest BCUT2D eigenvalue weighted by Gasteiger charge is -2.21. The molecular formula is C48H32. The van der Waals surface area contributed by atoms with Gasteiger partial charge in [-0.1, -0.05) is 182 Å². The highest BCUT2D eigenvalue weighted by molar-refractivity contribution is 6.23. The van der Waals surface area contributed by atoms with E-state index in [2.05, 4.69) is 194 Å². The molecule has 0 N–H and O–H groups in total. The Labute approximate surface area is 281 Å². The number of hydrogen-bond acceptors (Lipinski definition) is 0. The van der Waals surface area contributed by atoms with Gasteiger partial charge in [-0.25, -0.2) is 0 Å². The van der Waals surface area contributed by atoms with Crippen LogP contribution >= 0.6 is 0 Å². The maximum absolute atomic E-state index is 2.41. The van der Waals surface area contributed by atoms with Crippen LogP contribution < -0.4 is 0 Å².